The molecule has 0 unspecified atom stereocenters. The van der Waals surface area contributed by atoms with Crippen LogP contribution in [0.15, 0.2) is 194 Å². The summed E-state index contributed by atoms with van der Waals surface area (Å²) in [5.74, 6) is 3.85. The summed E-state index contributed by atoms with van der Waals surface area (Å²) in [6.45, 7) is 67.8. The first kappa shape index (κ1) is 103. The van der Waals surface area contributed by atoms with Gasteiger partial charge in [0.25, 0.3) is 0 Å². The molecule has 146 heavy (non-hydrogen) atoms. The second kappa shape index (κ2) is 36.1. The predicted molar refractivity (Wildman–Crippen MR) is 592 cm³/mol. The molecule has 24 heteroatoms. The van der Waals surface area contributed by atoms with Crippen molar-refractivity contribution in [1.82, 2.24) is 0 Å². The molecule has 0 radical (unpaired) electrons. The minimum atomic E-state index is -0.835. The summed E-state index contributed by atoms with van der Waals surface area (Å²) in [5.41, 5.74) is 10.8. The van der Waals surface area contributed by atoms with Crippen LogP contribution in [0, 0.1) is 0 Å². The first-order chi connectivity index (χ1) is 67.8. The Labute approximate surface area is 859 Å². The van der Waals surface area contributed by atoms with Crippen molar-refractivity contribution in [1.29, 1.82) is 0 Å². The molecule has 5 heterocycles. The van der Waals surface area contributed by atoms with Crippen LogP contribution in [0.3, 0.4) is 0 Å². The number of anilines is 12. The molecule has 0 aliphatic carbocycles. The third-order valence-corrected chi connectivity index (χ3v) is 28.8. The summed E-state index contributed by atoms with van der Waals surface area (Å²) in [7, 11) is 0. The molecule has 0 atom stereocenters. The average molecular weight is 1970 g/mol. The van der Waals surface area contributed by atoms with Crippen LogP contribution in [-0.4, -0.2) is 36.2 Å². The van der Waals surface area contributed by atoms with Crippen LogP contribution in [0.4, 0.5) is 97.0 Å². The predicted octanol–water partition coefficient (Wildman–Crippen LogP) is 33.6. The number of rotatable bonds is 0. The van der Waals surface area contributed by atoms with Gasteiger partial charge < -0.3 is 92.2 Å². The van der Waals surface area contributed by atoms with E-state index in [1.807, 2.05) is 48.5 Å². The van der Waals surface area contributed by atoms with E-state index < -0.39 is 101 Å². The second-order valence-corrected chi connectivity index (χ2v) is 49.8. The van der Waals surface area contributed by atoms with Gasteiger partial charge in [-0.2, -0.15) is 0 Å². The summed E-state index contributed by atoms with van der Waals surface area (Å²) in [4.78, 5) is 92.4. The molecule has 12 aromatic rings. The summed E-state index contributed by atoms with van der Waals surface area (Å²) >= 11 is 0. The van der Waals surface area contributed by atoms with Crippen LogP contribution in [0.1, 0.15) is 311 Å². The van der Waals surface area contributed by atoms with Crippen LogP contribution >= 0.6 is 0 Å². The maximum Gasteiger partial charge on any atom is 0.323 e. The molecule has 24 nitrogen and oxygen atoms in total. The first-order valence-electron chi connectivity index (χ1n) is 50.2. The second-order valence-electron chi connectivity index (χ2n) is 49.8. The number of urea groups is 6. The SMILES string of the molecule is CC(C)(C)c1cc2c3c(c1)C(C)(C)c1cc(C(C)(C)C)cc(c1O3)NC(=O)Nc1cc(C(C)(C)C)cc3c1Oc1c(cc(C(C)(C)C)cc1C3(C)C)NC(=O)Nc1ccccc1Oc1ccccc1NC(=O)Nc1cc(C(C)(C)C)cc3c1Oc1c(cc(C(C)(C)C)cc1C3(C)C)NC(=O)Nc1cc(C(C)(C)C)cc3c1Oc1c(cc(C(C)(C)C)cc1C3(C)C)NC(=O)Nc1ccccc1Oc1ccccc1NC(=O)N2. The van der Waals surface area contributed by atoms with Gasteiger partial charge in [-0.3, -0.25) is 0 Å². The smallest absolute Gasteiger partial charge is 0.323 e. The van der Waals surface area contributed by atoms with E-state index in [0.717, 1.165) is 89.0 Å². The van der Waals surface area contributed by atoms with Gasteiger partial charge in [0.05, 0.1) is 68.2 Å². The Hall–Kier alpha value is -14.9. The Kier molecular flexibility index (Phi) is 25.3. The average Bonchev–Trinajstić information content (AvgIpc) is 0.728. The molecule has 0 aromatic heterocycles. The maximum absolute atomic E-state index is 15.7. The Morgan fingerprint density at radius 3 is 0.404 bits per heavy atom. The van der Waals surface area contributed by atoms with Gasteiger partial charge in [0.2, 0.25) is 0 Å². The minimum absolute atomic E-state index is 0.245. The van der Waals surface area contributed by atoms with E-state index in [1.54, 1.807) is 97.1 Å². The molecule has 12 N–H and O–H groups in total. The summed E-state index contributed by atoms with van der Waals surface area (Å²) in [6.07, 6.45) is 0. The number of fused-ring (bicyclic) bond motifs is 4. The van der Waals surface area contributed by atoms with Crippen molar-refractivity contribution in [3.8, 4) is 69.0 Å². The molecular weight excluding hydrogens is 1830 g/mol. The van der Waals surface area contributed by atoms with Gasteiger partial charge >= 0.3 is 36.2 Å². The maximum atomic E-state index is 15.7. The van der Waals surface area contributed by atoms with E-state index in [9.17, 15) is 0 Å². The third kappa shape index (κ3) is 20.0. The monoisotopic (exact) mass is 1970 g/mol. The van der Waals surface area contributed by atoms with Gasteiger partial charge in [-0.15, -0.1) is 0 Å². The number of nitrogens with one attached hydrogen (secondary N) is 12. The lowest BCUT2D eigenvalue weighted by molar-refractivity contribution is 0.261. The van der Waals surface area contributed by atoms with Gasteiger partial charge in [0, 0.05) is 66.2 Å². The number of benzene rings is 12. The number of carbonyl (C=O) groups is 6. The van der Waals surface area contributed by atoms with Crippen molar-refractivity contribution in [3.05, 3.63) is 283 Å². The lowest BCUT2D eigenvalue weighted by atomic mass is 9.71. The van der Waals surface area contributed by atoms with Crippen molar-refractivity contribution in [2.75, 3.05) is 63.8 Å². The molecule has 5 aliphatic heterocycles. The molecule has 5 aliphatic rings. The molecule has 0 saturated heterocycles. The molecule has 8 bridgehead atoms. The van der Waals surface area contributed by atoms with Crippen LogP contribution in [0.5, 0.6) is 69.0 Å². The number of ether oxygens (including phenoxy) is 6. The molecule has 0 saturated carbocycles. The van der Waals surface area contributed by atoms with Crippen LogP contribution in [-0.2, 0) is 65.0 Å². The Morgan fingerprint density at radius 2 is 0.281 bits per heavy atom. The van der Waals surface area contributed by atoms with Crippen LogP contribution in [0.2, 0.25) is 0 Å². The lowest BCUT2D eigenvalue weighted by Gasteiger charge is -2.39. The first-order valence-corrected chi connectivity index (χ1v) is 50.2. The van der Waals surface area contributed by atoms with Gasteiger partial charge in [-0.1, -0.05) is 319 Å². The fraction of sp³-hybridized carbons (Fsp3) is 0.361. The summed E-state index contributed by atoms with van der Waals surface area (Å²) in [5, 5.41) is 38.3. The van der Waals surface area contributed by atoms with Gasteiger partial charge in [0.15, 0.2) is 69.0 Å². The number of hydrogen-bond acceptors (Lipinski definition) is 12. The van der Waals surface area contributed by atoms with E-state index in [1.165, 1.54) is 0 Å². The highest BCUT2D eigenvalue weighted by Crippen LogP contribution is 2.62. The Balaban J connectivity index is 0.775. The normalized spacial score (nSPS) is 16.1. The molecular formula is C122H140N12O12. The van der Waals surface area contributed by atoms with E-state index in [-0.39, 0.29) is 45.7 Å². The Morgan fingerprint density at radius 1 is 0.164 bits per heavy atom. The zero-order valence-electron chi connectivity index (χ0n) is 90.4. The topological polar surface area (TPSA) is 302 Å². The fourth-order valence-electron chi connectivity index (χ4n) is 19.3. The van der Waals surface area contributed by atoms with E-state index in [2.05, 4.69) is 334 Å². The lowest BCUT2D eigenvalue weighted by Crippen LogP contribution is -2.31. The van der Waals surface area contributed by atoms with Crippen molar-refractivity contribution in [2.24, 2.45) is 0 Å². The van der Waals surface area contributed by atoms with Crippen molar-refractivity contribution in [2.45, 2.75) is 287 Å². The minimum Gasteiger partial charge on any atom is -0.453 e. The molecule has 12 aromatic carbocycles. The van der Waals surface area contributed by atoms with Gasteiger partial charge in [-0.05, 0) is 185 Å². The number of para-hydroxylation sites is 8. The third-order valence-electron chi connectivity index (χ3n) is 28.8. The van der Waals surface area contributed by atoms with E-state index in [0.29, 0.717) is 91.5 Å². The molecule has 17 rings (SSSR count). The van der Waals surface area contributed by atoms with Crippen LogP contribution < -0.4 is 92.2 Å². The Bertz CT molecular complexity index is 6540. The highest BCUT2D eigenvalue weighted by Gasteiger charge is 2.47. The summed E-state index contributed by atoms with van der Waals surface area (Å²) in [6, 6.07) is 56.8. The largest absolute Gasteiger partial charge is 0.453 e. The summed E-state index contributed by atoms with van der Waals surface area (Å²) < 4.78 is 42.8. The van der Waals surface area contributed by atoms with Gasteiger partial charge in [-0.25, -0.2) is 28.8 Å². The fourth-order valence-corrected chi connectivity index (χ4v) is 19.3. The molecule has 12 amide bonds. The standard InChI is InChI=1S/C122H140N12O12/c1-111(2,3)65-49-73-97-85(57-65)127-105(135)123-81-41-33-37-45-93(81)141-94-46-38-34-42-82(94)124-106(136)128-87-59-67(113(7,8)9)51-75-99(87)145-103-79(121(75,29)30)55-71(117(19,20)21)63-91(103)133-110(140)134-92-64-72(118(22,23)24)56-80-104(92)146-100-76(122(80,31)32)52-68(114(10,11)12)60-88(100)130-108(138)126-84-44-36-40-48-96(84)142-95-47-39-35-43-83(95)125-107(137)129-86-58-66(112(4,5)6)50-74-98(86)144-102-78(120(74,27)28)54-70(116(16,17)18)62-90(102)132-109(139)131-89-61-69(115(13,14)15)53-77(101(89)143-97)119(73,25)26/h33-64H,1-32H3,(H2,123,127,135)(H2,124,128,136)(H2,125,129,137)(H2,126,130,138)(H2,131,132,139)(H2,133,134,140). The quantitative estimate of drug-likeness (QED) is 0.0675. The zero-order valence-corrected chi connectivity index (χ0v) is 90.4. The van der Waals surface area contributed by atoms with E-state index >= 15 is 28.8 Å². The number of hydrogen-bond donors (Lipinski definition) is 12. The highest BCUT2D eigenvalue weighted by molar-refractivity contribution is 6.08. The zero-order chi connectivity index (χ0) is 106. The number of carbonyl (C=O) groups excluding carboxylic acids is 6. The highest BCUT2D eigenvalue weighted by atomic mass is 16.5. The van der Waals surface area contributed by atoms with Crippen molar-refractivity contribution >= 4 is 104 Å². The molecule has 760 valence electrons. The number of amides is 12. The van der Waals surface area contributed by atoms with Crippen molar-refractivity contribution < 1.29 is 57.2 Å². The van der Waals surface area contributed by atoms with Gasteiger partial charge in [0.1, 0.15) is 0 Å². The van der Waals surface area contributed by atoms with Crippen molar-refractivity contribution in [3.63, 3.8) is 0 Å². The molecule has 0 fully saturated rings. The molecule has 0 spiro atoms. The van der Waals surface area contributed by atoms with Crippen LogP contribution in [0.25, 0.3) is 0 Å². The van der Waals surface area contributed by atoms with E-state index in [4.69, 9.17) is 28.4 Å².